The zero-order valence-electron chi connectivity index (χ0n) is 18.5. The molecule has 1 aromatic heterocycles. The number of hydrogen-bond acceptors (Lipinski definition) is 5. The zero-order valence-corrected chi connectivity index (χ0v) is 20.0. The number of carbonyl (C=O) groups excluding carboxylic acids is 1. The first-order valence-corrected chi connectivity index (χ1v) is 11.4. The van der Waals surface area contributed by atoms with Gasteiger partial charge in [-0.2, -0.15) is 0 Å². The van der Waals surface area contributed by atoms with Crippen LogP contribution in [0.4, 0.5) is 0 Å². The van der Waals surface area contributed by atoms with E-state index in [9.17, 15) is 4.79 Å². The summed E-state index contributed by atoms with van der Waals surface area (Å²) in [7, 11) is 0. The molecule has 0 unspecified atom stereocenters. The smallest absolute Gasteiger partial charge is 0.330 e. The zero-order chi connectivity index (χ0) is 23.6. The lowest BCUT2D eigenvalue weighted by Crippen LogP contribution is -2.01. The Morgan fingerprint density at radius 2 is 1.91 bits per heavy atom. The van der Waals surface area contributed by atoms with Gasteiger partial charge in [0.25, 0.3) is 0 Å². The van der Waals surface area contributed by atoms with Crippen LogP contribution in [0, 0.1) is 6.92 Å². The molecule has 7 heteroatoms. The van der Waals surface area contributed by atoms with Crippen LogP contribution in [0.1, 0.15) is 36.5 Å². The maximum atomic E-state index is 11.8. The third kappa shape index (κ3) is 7.52. The van der Waals surface area contributed by atoms with Gasteiger partial charge >= 0.3 is 5.97 Å². The second-order valence-electron chi connectivity index (χ2n) is 7.31. The fourth-order valence-electron chi connectivity index (χ4n) is 2.85. The minimum atomic E-state index is -0.390. The van der Waals surface area contributed by atoms with Crippen molar-refractivity contribution in [1.29, 1.82) is 0 Å². The Morgan fingerprint density at radius 3 is 2.64 bits per heavy atom. The average molecular weight is 486 g/mol. The van der Waals surface area contributed by atoms with E-state index in [4.69, 9.17) is 37.4 Å². The number of aryl methyl sites for hydroxylation is 1. The summed E-state index contributed by atoms with van der Waals surface area (Å²) in [5.41, 5.74) is 2.44. The quantitative estimate of drug-likeness (QED) is 0.170. The second-order valence-corrected chi connectivity index (χ2v) is 8.12. The second kappa shape index (κ2) is 12.3. The first kappa shape index (κ1) is 24.6. The van der Waals surface area contributed by atoms with Crippen LogP contribution >= 0.6 is 23.2 Å². The van der Waals surface area contributed by atoms with Gasteiger partial charge in [0.05, 0.1) is 17.8 Å². The SMILES string of the molecule is CCCCOC(=O)C=Cc1cc(C)c(Oc2ccc(OCc3ccccc3Cl)cn2)cc1Cl. The topological polar surface area (TPSA) is 57.7 Å². The number of unbranched alkanes of at least 4 members (excludes halogenated alkanes) is 1. The summed E-state index contributed by atoms with van der Waals surface area (Å²) in [6.45, 7) is 4.69. The van der Waals surface area contributed by atoms with Crippen molar-refractivity contribution in [2.75, 3.05) is 6.61 Å². The van der Waals surface area contributed by atoms with E-state index in [-0.39, 0.29) is 0 Å². The lowest BCUT2D eigenvalue weighted by atomic mass is 10.1. The third-order valence-corrected chi connectivity index (χ3v) is 5.41. The van der Waals surface area contributed by atoms with E-state index in [1.807, 2.05) is 44.2 Å². The van der Waals surface area contributed by atoms with Gasteiger partial charge in [0, 0.05) is 28.8 Å². The number of benzene rings is 2. The van der Waals surface area contributed by atoms with Gasteiger partial charge in [-0.1, -0.05) is 54.7 Å². The molecule has 0 amide bonds. The minimum absolute atomic E-state index is 0.345. The van der Waals surface area contributed by atoms with E-state index in [2.05, 4.69) is 4.98 Å². The fourth-order valence-corrected chi connectivity index (χ4v) is 3.25. The predicted octanol–water partition coefficient (Wildman–Crippen LogP) is 7.42. The van der Waals surface area contributed by atoms with Gasteiger partial charge < -0.3 is 14.2 Å². The lowest BCUT2D eigenvalue weighted by molar-refractivity contribution is -0.137. The van der Waals surface area contributed by atoms with E-state index < -0.39 is 5.97 Å². The summed E-state index contributed by atoms with van der Waals surface area (Å²) in [5, 5.41) is 1.11. The number of aromatic nitrogens is 1. The molecule has 1 heterocycles. The molecule has 0 atom stereocenters. The number of carbonyl (C=O) groups is 1. The van der Waals surface area contributed by atoms with Gasteiger partial charge in [-0.3, -0.25) is 0 Å². The number of halogens is 2. The molecule has 2 aromatic carbocycles. The van der Waals surface area contributed by atoms with E-state index in [1.54, 1.807) is 30.5 Å². The molecule has 0 saturated heterocycles. The number of pyridine rings is 1. The monoisotopic (exact) mass is 485 g/mol. The van der Waals surface area contributed by atoms with Crippen molar-refractivity contribution in [2.24, 2.45) is 0 Å². The van der Waals surface area contributed by atoms with Gasteiger partial charge in [-0.25, -0.2) is 9.78 Å². The van der Waals surface area contributed by atoms with E-state index in [1.165, 1.54) is 6.08 Å². The Bertz CT molecular complexity index is 1110. The van der Waals surface area contributed by atoms with Gasteiger partial charge in [0.2, 0.25) is 5.88 Å². The summed E-state index contributed by atoms with van der Waals surface area (Å²) >= 11 is 12.5. The van der Waals surface area contributed by atoms with E-state index >= 15 is 0 Å². The number of nitrogens with zero attached hydrogens (tertiary/aromatic N) is 1. The summed E-state index contributed by atoms with van der Waals surface area (Å²) < 4.78 is 16.7. The summed E-state index contributed by atoms with van der Waals surface area (Å²) in [6, 6.07) is 14.5. The Hall–Kier alpha value is -3.02. The number of ether oxygens (including phenoxy) is 3. The Balaban J connectivity index is 1.60. The molecule has 0 aliphatic carbocycles. The lowest BCUT2D eigenvalue weighted by Gasteiger charge is -2.11. The molecule has 3 aromatic rings. The van der Waals surface area contributed by atoms with Crippen molar-refractivity contribution in [3.63, 3.8) is 0 Å². The van der Waals surface area contributed by atoms with Crippen molar-refractivity contribution < 1.29 is 19.0 Å². The van der Waals surface area contributed by atoms with Crippen LogP contribution in [-0.4, -0.2) is 17.6 Å². The Kier molecular flexibility index (Phi) is 9.16. The van der Waals surface area contributed by atoms with Crippen molar-refractivity contribution in [3.05, 3.63) is 87.5 Å². The van der Waals surface area contributed by atoms with Crippen molar-refractivity contribution in [2.45, 2.75) is 33.3 Å². The Morgan fingerprint density at radius 1 is 1.09 bits per heavy atom. The average Bonchev–Trinajstić information content (AvgIpc) is 2.81. The van der Waals surface area contributed by atoms with Gasteiger partial charge in [-0.05, 0) is 48.7 Å². The van der Waals surface area contributed by atoms with Gasteiger partial charge in [0.1, 0.15) is 18.1 Å². The molecular formula is C26H25Cl2NO4. The van der Waals surface area contributed by atoms with Crippen LogP contribution in [0.25, 0.3) is 6.08 Å². The minimum Gasteiger partial charge on any atom is -0.487 e. The van der Waals surface area contributed by atoms with Crippen molar-refractivity contribution in [1.82, 2.24) is 4.98 Å². The largest absolute Gasteiger partial charge is 0.487 e. The summed E-state index contributed by atoms with van der Waals surface area (Å²) in [5.74, 6) is 1.18. The standard InChI is InChI=1S/C26H25Cl2NO4/c1-3-4-13-31-26(30)12-9-19-14-18(2)24(15-23(19)28)33-25-11-10-21(16-29-25)32-17-20-7-5-6-8-22(20)27/h5-12,14-16H,3-4,13,17H2,1-2H3. The molecule has 0 bridgehead atoms. The number of esters is 1. The van der Waals surface area contributed by atoms with Crippen molar-refractivity contribution >= 4 is 35.2 Å². The van der Waals surface area contributed by atoms with Gasteiger partial charge in [-0.15, -0.1) is 0 Å². The maximum absolute atomic E-state index is 11.8. The Labute approximate surface area is 203 Å². The molecule has 0 aliphatic rings. The predicted molar refractivity (Wildman–Crippen MR) is 131 cm³/mol. The summed E-state index contributed by atoms with van der Waals surface area (Å²) in [4.78, 5) is 16.1. The van der Waals surface area contributed by atoms with Crippen LogP contribution in [0.15, 0.2) is 60.8 Å². The number of rotatable bonds is 10. The van der Waals surface area contributed by atoms with Gasteiger partial charge in [0.15, 0.2) is 0 Å². The number of hydrogen-bond donors (Lipinski definition) is 0. The van der Waals surface area contributed by atoms with Crippen LogP contribution in [0.3, 0.4) is 0 Å². The molecule has 33 heavy (non-hydrogen) atoms. The van der Waals surface area contributed by atoms with Crippen LogP contribution in [-0.2, 0) is 16.1 Å². The first-order chi connectivity index (χ1) is 16.0. The van der Waals surface area contributed by atoms with Crippen LogP contribution in [0.5, 0.6) is 17.4 Å². The van der Waals surface area contributed by atoms with Crippen LogP contribution in [0.2, 0.25) is 10.0 Å². The highest BCUT2D eigenvalue weighted by molar-refractivity contribution is 6.32. The fraction of sp³-hybridized carbons (Fsp3) is 0.231. The highest BCUT2D eigenvalue weighted by Crippen LogP contribution is 2.31. The summed E-state index contributed by atoms with van der Waals surface area (Å²) in [6.07, 6.45) is 6.41. The maximum Gasteiger partial charge on any atom is 0.330 e. The molecule has 0 fully saturated rings. The molecule has 0 aliphatic heterocycles. The highest BCUT2D eigenvalue weighted by atomic mass is 35.5. The molecule has 3 rings (SSSR count). The molecule has 0 radical (unpaired) electrons. The van der Waals surface area contributed by atoms with Crippen LogP contribution < -0.4 is 9.47 Å². The first-order valence-electron chi connectivity index (χ1n) is 10.6. The molecule has 172 valence electrons. The molecule has 0 spiro atoms. The van der Waals surface area contributed by atoms with Crippen molar-refractivity contribution in [3.8, 4) is 17.4 Å². The third-order valence-electron chi connectivity index (χ3n) is 4.71. The van der Waals surface area contributed by atoms with E-state index in [0.29, 0.717) is 46.2 Å². The molecule has 0 N–H and O–H groups in total. The highest BCUT2D eigenvalue weighted by Gasteiger charge is 2.09. The normalized spacial score (nSPS) is 10.9. The molecule has 5 nitrogen and oxygen atoms in total. The molecule has 0 saturated carbocycles. The van der Waals surface area contributed by atoms with E-state index in [0.717, 1.165) is 24.0 Å². The molecular weight excluding hydrogens is 461 g/mol.